The molecule has 5 rings (SSSR count). The second kappa shape index (κ2) is 7.40. The van der Waals surface area contributed by atoms with Crippen molar-refractivity contribution >= 4 is 5.82 Å². The quantitative estimate of drug-likeness (QED) is 0.682. The predicted octanol–water partition coefficient (Wildman–Crippen LogP) is 2.37. The lowest BCUT2D eigenvalue weighted by Gasteiger charge is -2.36. The van der Waals surface area contributed by atoms with Crippen LogP contribution in [-0.4, -0.2) is 67.5 Å². The first kappa shape index (κ1) is 18.0. The van der Waals surface area contributed by atoms with Gasteiger partial charge in [0.05, 0.1) is 19.5 Å². The summed E-state index contributed by atoms with van der Waals surface area (Å²) in [6.07, 6.45) is 10.0. The Labute approximate surface area is 168 Å². The lowest BCUT2D eigenvalue weighted by Crippen LogP contribution is -2.44. The third-order valence-corrected chi connectivity index (χ3v) is 6.08. The molecule has 0 saturated carbocycles. The molecule has 2 N–H and O–H groups in total. The third-order valence-electron chi connectivity index (χ3n) is 6.08. The molecule has 9 nitrogen and oxygen atoms in total. The minimum atomic E-state index is 0.426. The molecular formula is C20H24N8O. The molecule has 3 aromatic rings. The average Bonchev–Trinajstić information content (AvgIpc) is 3.34. The molecule has 2 atom stereocenters. The molecule has 0 radical (unpaired) electrons. The highest BCUT2D eigenvalue weighted by molar-refractivity contribution is 5.65. The Bertz CT molecular complexity index is 961. The number of ether oxygens (including phenoxy) is 1. The highest BCUT2D eigenvalue weighted by Gasteiger charge is 2.38. The molecule has 2 fully saturated rings. The summed E-state index contributed by atoms with van der Waals surface area (Å²) in [5.74, 6) is 1.23. The summed E-state index contributed by atoms with van der Waals surface area (Å²) in [5, 5.41) is 19.0. The van der Waals surface area contributed by atoms with E-state index in [2.05, 4.69) is 47.6 Å². The molecule has 5 heterocycles. The maximum Gasteiger partial charge on any atom is 0.241 e. The van der Waals surface area contributed by atoms with Crippen molar-refractivity contribution in [1.29, 1.82) is 0 Å². The molecule has 2 bridgehead atoms. The monoisotopic (exact) mass is 392 g/mol. The van der Waals surface area contributed by atoms with Crippen LogP contribution in [0.5, 0.6) is 5.88 Å². The van der Waals surface area contributed by atoms with Gasteiger partial charge in [-0.1, -0.05) is 0 Å². The summed E-state index contributed by atoms with van der Waals surface area (Å²) < 4.78 is 5.41. The van der Waals surface area contributed by atoms with Crippen LogP contribution in [0.3, 0.4) is 0 Å². The van der Waals surface area contributed by atoms with Crippen LogP contribution in [-0.2, 0) is 0 Å². The number of nitrogens with one attached hydrogen (secondary N) is 2. The normalized spacial score (nSPS) is 23.9. The first-order valence-corrected chi connectivity index (χ1v) is 9.94. The van der Waals surface area contributed by atoms with Crippen LogP contribution in [0.25, 0.3) is 22.6 Å². The number of fused-ring (bicyclic) bond motifs is 2. The van der Waals surface area contributed by atoms with Gasteiger partial charge in [-0.25, -0.2) is 9.97 Å². The molecule has 0 spiro atoms. The smallest absolute Gasteiger partial charge is 0.241 e. The van der Waals surface area contributed by atoms with Crippen LogP contribution >= 0.6 is 0 Å². The molecule has 0 amide bonds. The van der Waals surface area contributed by atoms with Gasteiger partial charge in [-0.3, -0.25) is 5.10 Å². The van der Waals surface area contributed by atoms with E-state index in [1.165, 1.54) is 12.8 Å². The highest BCUT2D eigenvalue weighted by atomic mass is 16.5. The van der Waals surface area contributed by atoms with E-state index in [9.17, 15) is 0 Å². The van der Waals surface area contributed by atoms with Gasteiger partial charge in [-0.15, -0.1) is 10.2 Å². The molecule has 2 aliphatic rings. The standard InChI is InChI=1S/C20H24N8O/c1-28-14-3-4-15(28)8-13(7-14)24-18-6-5-16(26-27-18)17-11-21-19(20(25-17)29-2)12-9-22-23-10-12/h5-6,9-11,13-15H,3-4,7-8H2,1-2H3,(H,22,23)(H,24,27). The first-order chi connectivity index (χ1) is 14.2. The molecule has 2 saturated heterocycles. The second-order valence-electron chi connectivity index (χ2n) is 7.77. The number of nitrogens with zero attached hydrogens (tertiary/aromatic N) is 6. The number of rotatable bonds is 5. The molecule has 3 aromatic heterocycles. The van der Waals surface area contributed by atoms with Crippen molar-refractivity contribution in [3.05, 3.63) is 30.7 Å². The van der Waals surface area contributed by atoms with Crippen LogP contribution < -0.4 is 10.1 Å². The number of hydrogen-bond acceptors (Lipinski definition) is 8. The SMILES string of the molecule is COc1nc(-c2ccc(NC3CC4CCC(C3)N4C)nn2)cnc1-c1cn[nH]c1. The Morgan fingerprint density at radius 1 is 1.10 bits per heavy atom. The van der Waals surface area contributed by atoms with Gasteiger partial charge in [0.1, 0.15) is 22.9 Å². The van der Waals surface area contributed by atoms with E-state index in [0.29, 0.717) is 41.1 Å². The minimum Gasteiger partial charge on any atom is -0.479 e. The largest absolute Gasteiger partial charge is 0.479 e. The molecule has 2 aliphatic heterocycles. The Kier molecular flexibility index (Phi) is 4.59. The maximum absolute atomic E-state index is 5.41. The summed E-state index contributed by atoms with van der Waals surface area (Å²) in [5.41, 5.74) is 2.72. The van der Waals surface area contributed by atoms with E-state index >= 15 is 0 Å². The second-order valence-corrected chi connectivity index (χ2v) is 7.77. The van der Waals surface area contributed by atoms with E-state index in [1.807, 2.05) is 12.1 Å². The molecule has 29 heavy (non-hydrogen) atoms. The van der Waals surface area contributed by atoms with E-state index in [1.54, 1.807) is 25.7 Å². The molecule has 0 aliphatic carbocycles. The zero-order valence-corrected chi connectivity index (χ0v) is 16.5. The van der Waals surface area contributed by atoms with Crippen molar-refractivity contribution in [3.8, 4) is 28.5 Å². The first-order valence-electron chi connectivity index (χ1n) is 9.94. The number of H-pyrrole nitrogens is 1. The van der Waals surface area contributed by atoms with E-state index in [4.69, 9.17) is 4.74 Å². The van der Waals surface area contributed by atoms with Gasteiger partial charge >= 0.3 is 0 Å². The summed E-state index contributed by atoms with van der Waals surface area (Å²) >= 11 is 0. The number of methoxy groups -OCH3 is 1. The zero-order chi connectivity index (χ0) is 19.8. The number of aromatic amines is 1. The minimum absolute atomic E-state index is 0.426. The van der Waals surface area contributed by atoms with E-state index in [-0.39, 0.29) is 0 Å². The van der Waals surface area contributed by atoms with Crippen LogP contribution in [0.1, 0.15) is 25.7 Å². The number of hydrogen-bond donors (Lipinski definition) is 2. The van der Waals surface area contributed by atoms with Crippen LogP contribution in [0.4, 0.5) is 5.82 Å². The Hall–Kier alpha value is -3.07. The van der Waals surface area contributed by atoms with Crippen molar-refractivity contribution in [1.82, 2.24) is 35.3 Å². The topological polar surface area (TPSA) is 105 Å². The summed E-state index contributed by atoms with van der Waals surface area (Å²) in [6.45, 7) is 0. The van der Waals surface area contributed by atoms with Gasteiger partial charge in [0.25, 0.3) is 0 Å². The van der Waals surface area contributed by atoms with Gasteiger partial charge in [0.15, 0.2) is 0 Å². The number of piperidine rings is 1. The predicted molar refractivity (Wildman–Crippen MR) is 108 cm³/mol. The van der Waals surface area contributed by atoms with Crippen molar-refractivity contribution in [2.45, 2.75) is 43.8 Å². The van der Waals surface area contributed by atoms with Crippen LogP contribution in [0.15, 0.2) is 30.7 Å². The summed E-state index contributed by atoms with van der Waals surface area (Å²) in [6, 6.07) is 5.71. The van der Waals surface area contributed by atoms with Crippen molar-refractivity contribution in [2.75, 3.05) is 19.5 Å². The lowest BCUT2D eigenvalue weighted by atomic mass is 9.98. The molecule has 9 heteroatoms. The van der Waals surface area contributed by atoms with Gasteiger partial charge in [0, 0.05) is 29.9 Å². The summed E-state index contributed by atoms with van der Waals surface area (Å²) in [4.78, 5) is 11.6. The van der Waals surface area contributed by atoms with Crippen LogP contribution in [0.2, 0.25) is 0 Å². The fourth-order valence-electron chi connectivity index (χ4n) is 4.50. The summed E-state index contributed by atoms with van der Waals surface area (Å²) in [7, 11) is 3.82. The van der Waals surface area contributed by atoms with E-state index in [0.717, 1.165) is 24.2 Å². The molecular weight excluding hydrogens is 368 g/mol. The van der Waals surface area contributed by atoms with Gasteiger partial charge < -0.3 is 15.0 Å². The lowest BCUT2D eigenvalue weighted by molar-refractivity contribution is 0.168. The Morgan fingerprint density at radius 2 is 1.93 bits per heavy atom. The number of aromatic nitrogens is 6. The fourth-order valence-corrected chi connectivity index (χ4v) is 4.50. The highest BCUT2D eigenvalue weighted by Crippen LogP contribution is 2.35. The Morgan fingerprint density at radius 3 is 2.59 bits per heavy atom. The molecule has 2 unspecified atom stereocenters. The average molecular weight is 392 g/mol. The molecule has 150 valence electrons. The van der Waals surface area contributed by atoms with Crippen molar-refractivity contribution in [3.63, 3.8) is 0 Å². The third kappa shape index (κ3) is 3.42. The zero-order valence-electron chi connectivity index (χ0n) is 16.5. The Balaban J connectivity index is 1.31. The fraction of sp³-hybridized carbons (Fsp3) is 0.450. The molecule has 0 aromatic carbocycles. The van der Waals surface area contributed by atoms with Crippen molar-refractivity contribution < 1.29 is 4.74 Å². The van der Waals surface area contributed by atoms with Crippen molar-refractivity contribution in [2.24, 2.45) is 0 Å². The van der Waals surface area contributed by atoms with Gasteiger partial charge in [0.2, 0.25) is 5.88 Å². The van der Waals surface area contributed by atoms with Gasteiger partial charge in [-0.2, -0.15) is 5.10 Å². The maximum atomic E-state index is 5.41. The van der Waals surface area contributed by atoms with Crippen LogP contribution in [0, 0.1) is 0 Å². The van der Waals surface area contributed by atoms with E-state index < -0.39 is 0 Å². The van der Waals surface area contributed by atoms with Gasteiger partial charge in [-0.05, 0) is 44.9 Å². The number of anilines is 1.